The topological polar surface area (TPSA) is 37.4 Å². The molecule has 3 nitrogen and oxygen atoms in total. The maximum absolute atomic E-state index is 13.2. The van der Waals surface area contributed by atoms with Crippen molar-refractivity contribution in [2.45, 2.75) is 12.8 Å². The molecule has 0 bridgehead atoms. The number of aryl methyl sites for hydroxylation is 1. The van der Waals surface area contributed by atoms with Crippen molar-refractivity contribution in [2.24, 2.45) is 0 Å². The number of anilines is 3. The molecule has 7 aromatic carbocycles. The van der Waals surface area contributed by atoms with Crippen molar-refractivity contribution < 1.29 is 9.59 Å². The molecule has 1 aliphatic rings. The summed E-state index contributed by atoms with van der Waals surface area (Å²) in [5.74, 6) is -0.195. The third kappa shape index (κ3) is 5.32. The molecule has 0 aliphatic heterocycles. The summed E-state index contributed by atoms with van der Waals surface area (Å²) in [4.78, 5) is 27.4. The van der Waals surface area contributed by atoms with E-state index in [1.54, 1.807) is 18.2 Å². The summed E-state index contributed by atoms with van der Waals surface area (Å²) < 4.78 is 0. The number of ketones is 1. The van der Waals surface area contributed by atoms with E-state index in [0.29, 0.717) is 11.1 Å². The van der Waals surface area contributed by atoms with Gasteiger partial charge < -0.3 is 4.90 Å². The van der Waals surface area contributed by atoms with Crippen molar-refractivity contribution >= 4 is 73.6 Å². The first-order valence-electron chi connectivity index (χ1n) is 16.0. The van der Waals surface area contributed by atoms with E-state index in [4.69, 9.17) is 0 Å². The lowest BCUT2D eigenvalue weighted by atomic mass is 9.90. The molecule has 0 atom stereocenters. The maximum atomic E-state index is 13.2. The number of aldehydes is 1. The summed E-state index contributed by atoms with van der Waals surface area (Å²) in [7, 11) is 0. The van der Waals surface area contributed by atoms with Crippen molar-refractivity contribution in [3.05, 3.63) is 173 Å². The Balaban J connectivity index is 1.18. The summed E-state index contributed by atoms with van der Waals surface area (Å²) in [6, 6.07) is 45.7. The van der Waals surface area contributed by atoms with Gasteiger partial charge in [0, 0.05) is 33.5 Å². The van der Waals surface area contributed by atoms with Crippen LogP contribution in [0, 0.1) is 0 Å². The fourth-order valence-electron chi connectivity index (χ4n) is 6.78. The zero-order valence-electron chi connectivity index (χ0n) is 25.8. The predicted octanol–water partition coefficient (Wildman–Crippen LogP) is 11.3. The molecule has 0 spiro atoms. The molecule has 0 radical (unpaired) electrons. The monoisotopic (exact) mass is 605 g/mol. The van der Waals surface area contributed by atoms with E-state index in [9.17, 15) is 9.59 Å². The Bertz CT molecular complexity index is 2400. The smallest absolute Gasteiger partial charge is 0.186 e. The van der Waals surface area contributed by atoms with Gasteiger partial charge in [-0.25, -0.2) is 0 Å². The number of benzene rings is 7. The van der Waals surface area contributed by atoms with E-state index in [1.807, 2.05) is 36.4 Å². The van der Waals surface area contributed by atoms with Gasteiger partial charge in [0.25, 0.3) is 0 Å². The van der Waals surface area contributed by atoms with Crippen LogP contribution in [0.2, 0.25) is 0 Å². The Hall–Kier alpha value is -6.06. The molecule has 224 valence electrons. The SMILES string of the molecule is O=Cc1cc2ccccc2cc1C(=O)/C=C\c1ccc2cc(N(c3ccccc3)c3c4c(cc5ccccc35)CCC=C4)ccc2c1. The summed E-state index contributed by atoms with van der Waals surface area (Å²) in [6.45, 7) is 0. The first-order chi connectivity index (χ1) is 23.2. The zero-order chi connectivity index (χ0) is 31.7. The minimum Gasteiger partial charge on any atom is -0.309 e. The molecule has 0 saturated carbocycles. The highest BCUT2D eigenvalue weighted by Crippen LogP contribution is 2.45. The molecule has 1 aliphatic carbocycles. The third-order valence-electron chi connectivity index (χ3n) is 9.09. The summed E-state index contributed by atoms with van der Waals surface area (Å²) in [5.41, 5.74) is 7.75. The molecular formula is C44H31NO2. The van der Waals surface area contributed by atoms with Crippen LogP contribution in [0.1, 0.15) is 43.8 Å². The van der Waals surface area contributed by atoms with E-state index in [2.05, 4.69) is 108 Å². The van der Waals surface area contributed by atoms with Gasteiger partial charge in [0.2, 0.25) is 0 Å². The van der Waals surface area contributed by atoms with Crippen LogP contribution in [0.25, 0.3) is 44.5 Å². The molecular weight excluding hydrogens is 574 g/mol. The number of carbonyl (C=O) groups is 2. The van der Waals surface area contributed by atoms with Crippen molar-refractivity contribution in [1.82, 2.24) is 0 Å². The van der Waals surface area contributed by atoms with Gasteiger partial charge >= 0.3 is 0 Å². The van der Waals surface area contributed by atoms with Crippen LogP contribution in [0.5, 0.6) is 0 Å². The lowest BCUT2D eigenvalue weighted by Gasteiger charge is -2.30. The first kappa shape index (κ1) is 28.4. The van der Waals surface area contributed by atoms with Gasteiger partial charge in [0.15, 0.2) is 12.1 Å². The Morgan fingerprint density at radius 3 is 2.17 bits per heavy atom. The molecule has 0 unspecified atom stereocenters. The molecule has 0 heterocycles. The highest BCUT2D eigenvalue weighted by atomic mass is 16.1. The molecule has 0 saturated heterocycles. The highest BCUT2D eigenvalue weighted by molar-refractivity contribution is 6.13. The number of para-hydroxylation sites is 1. The second-order valence-electron chi connectivity index (χ2n) is 12.0. The van der Waals surface area contributed by atoms with Crippen LogP contribution < -0.4 is 4.90 Å². The lowest BCUT2D eigenvalue weighted by molar-refractivity contribution is 0.103. The van der Waals surface area contributed by atoms with E-state index in [1.165, 1.54) is 27.6 Å². The molecule has 3 heteroatoms. The Labute approximate surface area is 273 Å². The van der Waals surface area contributed by atoms with Crippen LogP contribution in [-0.4, -0.2) is 12.1 Å². The van der Waals surface area contributed by atoms with Gasteiger partial charge in [0.05, 0.1) is 5.69 Å². The average Bonchev–Trinajstić information content (AvgIpc) is 3.13. The standard InChI is InChI=1S/C44H31NO2/c46-29-37-25-31-10-4-5-11-32(31)28-42(37)43(47)23-19-30-18-20-34-27-39(22-21-33(34)24-30)45(38-14-2-1-3-15-38)44-40-16-8-6-12-35(40)26-36-13-7-9-17-41(36)44/h1-6,8-12,14-29H,7,13H2/b23-19-. The fourth-order valence-corrected chi connectivity index (χ4v) is 6.78. The number of carbonyl (C=O) groups excluding carboxylic acids is 2. The highest BCUT2D eigenvalue weighted by Gasteiger charge is 2.22. The van der Waals surface area contributed by atoms with E-state index in [0.717, 1.165) is 57.6 Å². The average molecular weight is 606 g/mol. The largest absolute Gasteiger partial charge is 0.309 e. The molecule has 0 fully saturated rings. The molecule has 0 amide bonds. The van der Waals surface area contributed by atoms with Gasteiger partial charge in [-0.15, -0.1) is 0 Å². The molecule has 0 aromatic heterocycles. The van der Waals surface area contributed by atoms with Crippen LogP contribution in [0.4, 0.5) is 17.1 Å². The number of fused-ring (bicyclic) bond motifs is 4. The van der Waals surface area contributed by atoms with Crippen LogP contribution >= 0.6 is 0 Å². The second kappa shape index (κ2) is 12.0. The minimum atomic E-state index is -0.195. The lowest BCUT2D eigenvalue weighted by Crippen LogP contribution is -2.13. The molecule has 8 rings (SSSR count). The quantitative estimate of drug-likeness (QED) is 0.103. The number of rotatable bonds is 7. The molecule has 47 heavy (non-hydrogen) atoms. The van der Waals surface area contributed by atoms with Gasteiger partial charge in [0.1, 0.15) is 0 Å². The summed E-state index contributed by atoms with van der Waals surface area (Å²) >= 11 is 0. The van der Waals surface area contributed by atoms with Crippen molar-refractivity contribution in [3.8, 4) is 0 Å². The summed E-state index contributed by atoms with van der Waals surface area (Å²) in [6.07, 6.45) is 10.8. The van der Waals surface area contributed by atoms with Crippen molar-refractivity contribution in [3.63, 3.8) is 0 Å². The second-order valence-corrected chi connectivity index (χ2v) is 12.0. The Kier molecular flexibility index (Phi) is 7.28. The van der Waals surface area contributed by atoms with Crippen LogP contribution in [-0.2, 0) is 6.42 Å². The van der Waals surface area contributed by atoms with Crippen molar-refractivity contribution in [1.29, 1.82) is 0 Å². The predicted molar refractivity (Wildman–Crippen MR) is 196 cm³/mol. The number of hydrogen-bond donors (Lipinski definition) is 0. The number of nitrogens with zero attached hydrogens (tertiary/aromatic N) is 1. The number of hydrogen-bond acceptors (Lipinski definition) is 3. The van der Waals surface area contributed by atoms with E-state index < -0.39 is 0 Å². The van der Waals surface area contributed by atoms with Gasteiger partial charge in [-0.2, -0.15) is 0 Å². The minimum absolute atomic E-state index is 0.195. The van der Waals surface area contributed by atoms with E-state index in [-0.39, 0.29) is 5.78 Å². The first-order valence-corrected chi connectivity index (χ1v) is 16.0. The van der Waals surface area contributed by atoms with Crippen LogP contribution in [0.3, 0.4) is 0 Å². The molecule has 0 N–H and O–H groups in total. The van der Waals surface area contributed by atoms with Crippen molar-refractivity contribution in [2.75, 3.05) is 4.90 Å². The normalized spacial score (nSPS) is 12.5. The third-order valence-corrected chi connectivity index (χ3v) is 9.09. The fraction of sp³-hybridized carbons (Fsp3) is 0.0455. The van der Waals surface area contributed by atoms with Gasteiger partial charge in [-0.05, 0) is 99.4 Å². The number of allylic oxidation sites excluding steroid dienone is 2. The zero-order valence-corrected chi connectivity index (χ0v) is 25.8. The maximum Gasteiger partial charge on any atom is 0.186 e. The van der Waals surface area contributed by atoms with Gasteiger partial charge in [-0.3, -0.25) is 9.59 Å². The van der Waals surface area contributed by atoms with Crippen LogP contribution in [0.15, 0.2) is 146 Å². The molecule has 7 aromatic rings. The van der Waals surface area contributed by atoms with E-state index >= 15 is 0 Å². The van der Waals surface area contributed by atoms with Gasteiger partial charge in [-0.1, -0.05) is 109 Å². The summed E-state index contributed by atoms with van der Waals surface area (Å²) in [5, 5.41) is 6.52. The Morgan fingerprint density at radius 1 is 0.638 bits per heavy atom. The Morgan fingerprint density at radius 2 is 1.34 bits per heavy atom.